The molecule has 0 spiro atoms. The van der Waals surface area contributed by atoms with Crippen molar-refractivity contribution < 1.29 is 0 Å². The van der Waals surface area contributed by atoms with Gasteiger partial charge in [-0.3, -0.25) is 0 Å². The van der Waals surface area contributed by atoms with Crippen molar-refractivity contribution in [2.24, 2.45) is 0 Å². The van der Waals surface area contributed by atoms with E-state index in [4.69, 9.17) is 0 Å². The van der Waals surface area contributed by atoms with Crippen molar-refractivity contribution in [3.63, 3.8) is 0 Å². The highest BCUT2D eigenvalue weighted by molar-refractivity contribution is 5.20. The van der Waals surface area contributed by atoms with Gasteiger partial charge in [-0.1, -0.05) is 11.6 Å². The highest BCUT2D eigenvalue weighted by Crippen LogP contribution is 2.00. The third-order valence-corrected chi connectivity index (χ3v) is 1.26. The van der Waals surface area contributed by atoms with E-state index in [9.17, 15) is 0 Å². The van der Waals surface area contributed by atoms with E-state index < -0.39 is 0 Å². The Labute approximate surface area is 50.1 Å². The Morgan fingerprint density at radius 2 is 2.12 bits per heavy atom. The lowest BCUT2D eigenvalue weighted by atomic mass is 10.2. The van der Waals surface area contributed by atoms with E-state index in [0.29, 0.717) is 0 Å². The number of hydrogen-bond donors (Lipinski definition) is 1. The van der Waals surface area contributed by atoms with E-state index in [1.54, 1.807) is 0 Å². The van der Waals surface area contributed by atoms with Crippen molar-refractivity contribution in [1.82, 2.24) is 5.32 Å². The molecule has 0 amide bonds. The van der Waals surface area contributed by atoms with Crippen LogP contribution in [0.5, 0.6) is 0 Å². The summed E-state index contributed by atoms with van der Waals surface area (Å²) in [5.74, 6) is 0. The van der Waals surface area contributed by atoms with Crippen LogP contribution in [0.15, 0.2) is 23.4 Å². The van der Waals surface area contributed by atoms with E-state index in [1.165, 1.54) is 11.3 Å². The van der Waals surface area contributed by atoms with Crippen LogP contribution in [0.25, 0.3) is 0 Å². The van der Waals surface area contributed by atoms with Gasteiger partial charge in [0, 0.05) is 12.2 Å². The number of dihydropyridines is 1. The molecule has 0 aromatic rings. The molecule has 0 aromatic carbocycles. The molecule has 44 valence electrons. The highest BCUT2D eigenvalue weighted by Gasteiger charge is 1.93. The van der Waals surface area contributed by atoms with Gasteiger partial charge in [-0.05, 0) is 19.9 Å². The van der Waals surface area contributed by atoms with Crippen LogP contribution in [-0.4, -0.2) is 6.54 Å². The Morgan fingerprint density at radius 3 is 2.50 bits per heavy atom. The van der Waals surface area contributed by atoms with Gasteiger partial charge in [0.25, 0.3) is 0 Å². The second kappa shape index (κ2) is 2.03. The summed E-state index contributed by atoms with van der Waals surface area (Å²) in [5, 5.41) is 3.22. The zero-order valence-electron chi connectivity index (χ0n) is 5.36. The molecule has 0 radical (unpaired) electrons. The fourth-order valence-corrected chi connectivity index (χ4v) is 0.664. The monoisotopic (exact) mass is 109 g/mol. The first-order chi connectivity index (χ1) is 3.79. The SMILES string of the molecule is CC1=CC=C(C)NC1. The maximum absolute atomic E-state index is 3.22. The van der Waals surface area contributed by atoms with E-state index in [2.05, 4.69) is 31.3 Å². The van der Waals surface area contributed by atoms with Gasteiger partial charge in [0.15, 0.2) is 0 Å². The summed E-state index contributed by atoms with van der Waals surface area (Å²) in [4.78, 5) is 0. The minimum absolute atomic E-state index is 1.02. The molecule has 0 saturated carbocycles. The Balaban J connectivity index is 2.65. The predicted octanol–water partition coefficient (Wildman–Crippen LogP) is 1.44. The zero-order valence-corrected chi connectivity index (χ0v) is 5.36. The van der Waals surface area contributed by atoms with Crippen LogP contribution in [0.2, 0.25) is 0 Å². The molecule has 0 saturated heterocycles. The lowest BCUT2D eigenvalue weighted by Crippen LogP contribution is -2.15. The van der Waals surface area contributed by atoms with Gasteiger partial charge in [-0.25, -0.2) is 0 Å². The zero-order chi connectivity index (χ0) is 5.98. The minimum Gasteiger partial charge on any atom is -0.385 e. The lowest BCUT2D eigenvalue weighted by molar-refractivity contribution is 0.853. The van der Waals surface area contributed by atoms with Crippen molar-refractivity contribution in [1.29, 1.82) is 0 Å². The Kier molecular flexibility index (Phi) is 1.38. The molecule has 1 aliphatic heterocycles. The lowest BCUT2D eigenvalue weighted by Gasteiger charge is -2.09. The summed E-state index contributed by atoms with van der Waals surface area (Å²) < 4.78 is 0. The third-order valence-electron chi connectivity index (χ3n) is 1.26. The van der Waals surface area contributed by atoms with Crippen LogP contribution >= 0.6 is 0 Å². The van der Waals surface area contributed by atoms with E-state index >= 15 is 0 Å². The highest BCUT2D eigenvalue weighted by atomic mass is 14.9. The van der Waals surface area contributed by atoms with Crippen LogP contribution < -0.4 is 5.32 Å². The molecule has 8 heavy (non-hydrogen) atoms. The Morgan fingerprint density at radius 1 is 1.38 bits per heavy atom. The van der Waals surface area contributed by atoms with Crippen molar-refractivity contribution in [2.75, 3.05) is 6.54 Å². The van der Waals surface area contributed by atoms with E-state index in [-0.39, 0.29) is 0 Å². The van der Waals surface area contributed by atoms with Gasteiger partial charge in [0.1, 0.15) is 0 Å². The fraction of sp³-hybridized carbons (Fsp3) is 0.429. The van der Waals surface area contributed by atoms with Gasteiger partial charge in [0.2, 0.25) is 0 Å². The molecule has 0 aromatic heterocycles. The summed E-state index contributed by atoms with van der Waals surface area (Å²) >= 11 is 0. The van der Waals surface area contributed by atoms with Crippen LogP contribution in [0.1, 0.15) is 13.8 Å². The molecule has 1 N–H and O–H groups in total. The minimum atomic E-state index is 1.02. The maximum Gasteiger partial charge on any atom is 0.0357 e. The van der Waals surface area contributed by atoms with Crippen molar-refractivity contribution in [3.05, 3.63) is 23.4 Å². The van der Waals surface area contributed by atoms with Crippen LogP contribution in [0, 0.1) is 0 Å². The summed E-state index contributed by atoms with van der Waals surface area (Å²) in [6.07, 6.45) is 4.24. The topological polar surface area (TPSA) is 12.0 Å². The number of hydrogen-bond acceptors (Lipinski definition) is 1. The second-order valence-electron chi connectivity index (χ2n) is 2.22. The average molecular weight is 109 g/mol. The molecule has 1 nitrogen and oxygen atoms in total. The molecule has 0 aliphatic carbocycles. The molecular weight excluding hydrogens is 98.1 g/mol. The van der Waals surface area contributed by atoms with E-state index in [0.717, 1.165) is 6.54 Å². The van der Waals surface area contributed by atoms with Crippen LogP contribution in [0.3, 0.4) is 0 Å². The Hall–Kier alpha value is -0.720. The van der Waals surface area contributed by atoms with Gasteiger partial charge < -0.3 is 5.32 Å². The predicted molar refractivity (Wildman–Crippen MR) is 35.5 cm³/mol. The van der Waals surface area contributed by atoms with Gasteiger partial charge in [-0.15, -0.1) is 0 Å². The Bertz CT molecular complexity index is 124. The van der Waals surface area contributed by atoms with Crippen molar-refractivity contribution in [2.45, 2.75) is 13.8 Å². The van der Waals surface area contributed by atoms with Gasteiger partial charge >= 0.3 is 0 Å². The fourth-order valence-electron chi connectivity index (χ4n) is 0.664. The molecular formula is C7H11N. The molecule has 0 fully saturated rings. The molecule has 1 rings (SSSR count). The van der Waals surface area contributed by atoms with Gasteiger partial charge in [-0.2, -0.15) is 0 Å². The largest absolute Gasteiger partial charge is 0.385 e. The molecule has 1 aliphatic rings. The second-order valence-corrected chi connectivity index (χ2v) is 2.22. The quantitative estimate of drug-likeness (QED) is 0.496. The number of allylic oxidation sites excluding steroid dienone is 3. The molecule has 1 heterocycles. The average Bonchev–Trinajstić information content (AvgIpc) is 1.77. The summed E-state index contributed by atoms with van der Waals surface area (Å²) in [6, 6.07) is 0. The van der Waals surface area contributed by atoms with Crippen molar-refractivity contribution in [3.8, 4) is 0 Å². The third kappa shape index (κ3) is 1.12. The van der Waals surface area contributed by atoms with E-state index in [1.807, 2.05) is 0 Å². The molecule has 1 heteroatoms. The first-order valence-corrected chi connectivity index (χ1v) is 2.87. The normalized spacial score (nSPS) is 18.8. The maximum atomic E-state index is 3.22. The summed E-state index contributed by atoms with van der Waals surface area (Å²) in [7, 11) is 0. The number of rotatable bonds is 0. The van der Waals surface area contributed by atoms with Crippen molar-refractivity contribution >= 4 is 0 Å². The first-order valence-electron chi connectivity index (χ1n) is 2.87. The summed E-state index contributed by atoms with van der Waals surface area (Å²) in [6.45, 7) is 5.21. The smallest absolute Gasteiger partial charge is 0.0357 e. The summed E-state index contributed by atoms with van der Waals surface area (Å²) in [5.41, 5.74) is 2.66. The number of nitrogens with one attached hydrogen (secondary N) is 1. The van der Waals surface area contributed by atoms with Crippen LogP contribution in [-0.2, 0) is 0 Å². The molecule has 0 unspecified atom stereocenters. The van der Waals surface area contributed by atoms with Gasteiger partial charge in [0.05, 0.1) is 0 Å². The standard InChI is InChI=1S/C7H11N/c1-6-3-4-7(2)8-5-6/h3-4,8H,5H2,1-2H3. The van der Waals surface area contributed by atoms with Crippen LogP contribution in [0.4, 0.5) is 0 Å². The first kappa shape index (κ1) is 5.42. The molecule has 0 atom stereocenters. The molecule has 0 bridgehead atoms.